The van der Waals surface area contributed by atoms with Crippen LogP contribution in [0.4, 0.5) is 0 Å². The summed E-state index contributed by atoms with van der Waals surface area (Å²) in [5.74, 6) is 1.01. The highest BCUT2D eigenvalue weighted by Gasteiger charge is 2.17. The first kappa shape index (κ1) is 11.2. The minimum Gasteiger partial charge on any atom is -0.334 e. The van der Waals surface area contributed by atoms with Gasteiger partial charge >= 0.3 is 0 Å². The lowest BCUT2D eigenvalue weighted by molar-refractivity contribution is 0.470. The van der Waals surface area contributed by atoms with Crippen molar-refractivity contribution in [3.63, 3.8) is 0 Å². The number of nitrogens with two attached hydrogens (primary N) is 1. The Hall–Kier alpha value is -0.830. The Bertz CT molecular complexity index is 265. The van der Waals surface area contributed by atoms with Crippen LogP contribution in [0.25, 0.3) is 0 Å². The first-order valence-corrected chi connectivity index (χ1v) is 5.40. The van der Waals surface area contributed by atoms with Crippen LogP contribution >= 0.6 is 0 Å². The second-order valence-corrected chi connectivity index (χ2v) is 4.10. The summed E-state index contributed by atoms with van der Waals surface area (Å²) >= 11 is 0. The molecule has 1 atom stereocenters. The molecule has 0 bridgehead atoms. The second kappa shape index (κ2) is 5.15. The van der Waals surface area contributed by atoms with Crippen LogP contribution in [0.15, 0.2) is 12.5 Å². The standard InChI is InChI=1S/C11H21N3/c1-4-5-14-8-13-7-11(14)10(6-12)9(2)3/h7-10H,4-6,12H2,1-3H3. The Morgan fingerprint density at radius 3 is 2.71 bits per heavy atom. The SMILES string of the molecule is CCCn1cncc1C(CN)C(C)C. The minimum atomic E-state index is 0.434. The van der Waals surface area contributed by atoms with Crippen molar-refractivity contribution in [2.45, 2.75) is 39.7 Å². The quantitative estimate of drug-likeness (QED) is 0.781. The van der Waals surface area contributed by atoms with E-state index in [1.807, 2.05) is 12.5 Å². The third-order valence-electron chi connectivity index (χ3n) is 2.65. The molecule has 0 aliphatic carbocycles. The lowest BCUT2D eigenvalue weighted by atomic mass is 9.93. The van der Waals surface area contributed by atoms with Gasteiger partial charge in [0, 0.05) is 30.9 Å². The fraction of sp³-hybridized carbons (Fsp3) is 0.727. The van der Waals surface area contributed by atoms with Crippen molar-refractivity contribution in [3.05, 3.63) is 18.2 Å². The molecule has 0 aromatic carbocycles. The lowest BCUT2D eigenvalue weighted by Crippen LogP contribution is -2.20. The van der Waals surface area contributed by atoms with Crippen molar-refractivity contribution in [2.24, 2.45) is 11.7 Å². The normalized spacial score (nSPS) is 13.5. The number of aromatic nitrogens is 2. The molecule has 0 aliphatic heterocycles. The van der Waals surface area contributed by atoms with Crippen molar-refractivity contribution in [3.8, 4) is 0 Å². The van der Waals surface area contributed by atoms with Crippen molar-refractivity contribution >= 4 is 0 Å². The summed E-state index contributed by atoms with van der Waals surface area (Å²) in [6.45, 7) is 8.34. The topological polar surface area (TPSA) is 43.8 Å². The molecule has 1 aromatic rings. The largest absolute Gasteiger partial charge is 0.334 e. The number of hydrogen-bond donors (Lipinski definition) is 1. The van der Waals surface area contributed by atoms with Gasteiger partial charge in [0.1, 0.15) is 0 Å². The fourth-order valence-electron chi connectivity index (χ4n) is 1.80. The summed E-state index contributed by atoms with van der Waals surface area (Å²) in [5.41, 5.74) is 7.07. The molecule has 14 heavy (non-hydrogen) atoms. The molecule has 3 nitrogen and oxygen atoms in total. The number of nitrogens with zero attached hydrogens (tertiary/aromatic N) is 2. The van der Waals surface area contributed by atoms with E-state index in [-0.39, 0.29) is 0 Å². The van der Waals surface area contributed by atoms with Crippen LogP contribution in [-0.4, -0.2) is 16.1 Å². The van der Waals surface area contributed by atoms with E-state index >= 15 is 0 Å². The summed E-state index contributed by atoms with van der Waals surface area (Å²) in [5, 5.41) is 0. The van der Waals surface area contributed by atoms with E-state index in [9.17, 15) is 0 Å². The van der Waals surface area contributed by atoms with Crippen molar-refractivity contribution in [1.29, 1.82) is 0 Å². The van der Waals surface area contributed by atoms with E-state index in [2.05, 4.69) is 30.3 Å². The number of hydrogen-bond acceptors (Lipinski definition) is 2. The number of rotatable bonds is 5. The van der Waals surface area contributed by atoms with Crippen LogP contribution in [0.1, 0.15) is 38.8 Å². The highest BCUT2D eigenvalue weighted by atomic mass is 15.0. The van der Waals surface area contributed by atoms with E-state index in [1.165, 1.54) is 5.69 Å². The summed E-state index contributed by atoms with van der Waals surface area (Å²) in [6.07, 6.45) is 5.00. The average molecular weight is 195 g/mol. The van der Waals surface area contributed by atoms with E-state index in [0.717, 1.165) is 13.0 Å². The lowest BCUT2D eigenvalue weighted by Gasteiger charge is -2.20. The molecule has 0 spiro atoms. The van der Waals surface area contributed by atoms with Crippen molar-refractivity contribution in [1.82, 2.24) is 9.55 Å². The molecule has 1 rings (SSSR count). The Morgan fingerprint density at radius 1 is 1.50 bits per heavy atom. The molecule has 0 saturated heterocycles. The van der Waals surface area contributed by atoms with Crippen LogP contribution in [-0.2, 0) is 6.54 Å². The minimum absolute atomic E-state index is 0.434. The molecule has 2 N–H and O–H groups in total. The smallest absolute Gasteiger partial charge is 0.0948 e. The first-order chi connectivity index (χ1) is 6.70. The van der Waals surface area contributed by atoms with Gasteiger partial charge in [-0.1, -0.05) is 20.8 Å². The first-order valence-electron chi connectivity index (χ1n) is 5.40. The summed E-state index contributed by atoms with van der Waals surface area (Å²) in [7, 11) is 0. The highest BCUT2D eigenvalue weighted by Crippen LogP contribution is 2.22. The molecule has 1 aromatic heterocycles. The fourth-order valence-corrected chi connectivity index (χ4v) is 1.80. The Balaban J connectivity index is 2.86. The van der Waals surface area contributed by atoms with Gasteiger partial charge in [-0.05, 0) is 12.3 Å². The van der Waals surface area contributed by atoms with Gasteiger partial charge in [0.05, 0.1) is 6.33 Å². The van der Waals surface area contributed by atoms with E-state index < -0.39 is 0 Å². The third-order valence-corrected chi connectivity index (χ3v) is 2.65. The van der Waals surface area contributed by atoms with E-state index in [1.54, 1.807) is 0 Å². The molecule has 0 fully saturated rings. The van der Waals surface area contributed by atoms with Crippen LogP contribution in [0.3, 0.4) is 0 Å². The van der Waals surface area contributed by atoms with E-state index in [4.69, 9.17) is 5.73 Å². The predicted octanol–water partition coefficient (Wildman–Crippen LogP) is 1.99. The van der Waals surface area contributed by atoms with Crippen LogP contribution in [0.2, 0.25) is 0 Å². The molecular formula is C11H21N3. The van der Waals surface area contributed by atoms with Crippen LogP contribution in [0, 0.1) is 5.92 Å². The van der Waals surface area contributed by atoms with Gasteiger partial charge in [-0.3, -0.25) is 0 Å². The second-order valence-electron chi connectivity index (χ2n) is 4.10. The van der Waals surface area contributed by atoms with Crippen LogP contribution < -0.4 is 5.73 Å². The molecule has 3 heteroatoms. The zero-order valence-corrected chi connectivity index (χ0v) is 9.40. The Kier molecular flexibility index (Phi) is 4.14. The highest BCUT2D eigenvalue weighted by molar-refractivity contribution is 5.08. The monoisotopic (exact) mass is 195 g/mol. The molecule has 0 radical (unpaired) electrons. The van der Waals surface area contributed by atoms with Gasteiger partial charge in [0.2, 0.25) is 0 Å². The zero-order chi connectivity index (χ0) is 10.6. The molecule has 0 amide bonds. The van der Waals surface area contributed by atoms with Gasteiger partial charge in [-0.25, -0.2) is 4.98 Å². The summed E-state index contributed by atoms with van der Waals surface area (Å²) in [4.78, 5) is 4.20. The van der Waals surface area contributed by atoms with Gasteiger partial charge in [-0.2, -0.15) is 0 Å². The third kappa shape index (κ3) is 2.35. The molecule has 1 unspecified atom stereocenters. The summed E-state index contributed by atoms with van der Waals surface area (Å²) in [6, 6.07) is 0. The Labute approximate surface area is 86.3 Å². The maximum absolute atomic E-state index is 5.79. The van der Waals surface area contributed by atoms with Gasteiger partial charge < -0.3 is 10.3 Å². The number of imidazole rings is 1. The predicted molar refractivity (Wildman–Crippen MR) is 59.2 cm³/mol. The molecule has 1 heterocycles. The van der Waals surface area contributed by atoms with Gasteiger partial charge in [0.25, 0.3) is 0 Å². The Morgan fingerprint density at radius 2 is 2.21 bits per heavy atom. The van der Waals surface area contributed by atoms with Crippen molar-refractivity contribution in [2.75, 3.05) is 6.54 Å². The molecule has 0 aliphatic rings. The maximum Gasteiger partial charge on any atom is 0.0948 e. The molecular weight excluding hydrogens is 174 g/mol. The molecule has 80 valence electrons. The number of aryl methyl sites for hydroxylation is 1. The van der Waals surface area contributed by atoms with Gasteiger partial charge in [0.15, 0.2) is 0 Å². The maximum atomic E-state index is 5.79. The average Bonchev–Trinajstić information content (AvgIpc) is 2.55. The molecule has 0 saturated carbocycles. The summed E-state index contributed by atoms with van der Waals surface area (Å²) < 4.78 is 2.22. The van der Waals surface area contributed by atoms with E-state index in [0.29, 0.717) is 18.4 Å². The van der Waals surface area contributed by atoms with Crippen LogP contribution in [0.5, 0.6) is 0 Å². The zero-order valence-electron chi connectivity index (χ0n) is 9.40. The van der Waals surface area contributed by atoms with Crippen molar-refractivity contribution < 1.29 is 0 Å². The van der Waals surface area contributed by atoms with Gasteiger partial charge in [-0.15, -0.1) is 0 Å².